The number of halogens is 1. The standard InChI is InChI=1S/C16H15ClO2/c1-11(2)19-13-7-5-6-12(10-13)16(18)14-8-3-4-9-15(14)17/h3-11H,1-2H3. The molecule has 0 atom stereocenters. The SMILES string of the molecule is CC(C)Oc1cccc(C(=O)c2ccccc2Cl)c1. The van der Waals surface area contributed by atoms with Crippen LogP contribution in [0, 0.1) is 0 Å². The van der Waals surface area contributed by atoms with Crippen LogP contribution < -0.4 is 4.74 Å². The molecule has 0 saturated heterocycles. The average Bonchev–Trinajstić information content (AvgIpc) is 2.38. The van der Waals surface area contributed by atoms with Gasteiger partial charge in [0.25, 0.3) is 0 Å². The molecular weight excluding hydrogens is 260 g/mol. The molecule has 0 aromatic heterocycles. The van der Waals surface area contributed by atoms with E-state index >= 15 is 0 Å². The molecule has 0 heterocycles. The van der Waals surface area contributed by atoms with Crippen LogP contribution in [0.5, 0.6) is 5.75 Å². The van der Waals surface area contributed by atoms with Crippen LogP contribution in [0.3, 0.4) is 0 Å². The van der Waals surface area contributed by atoms with Gasteiger partial charge in [-0.25, -0.2) is 0 Å². The predicted molar refractivity (Wildman–Crippen MR) is 77.1 cm³/mol. The van der Waals surface area contributed by atoms with Crippen LogP contribution in [0.1, 0.15) is 29.8 Å². The van der Waals surface area contributed by atoms with Gasteiger partial charge in [0.15, 0.2) is 5.78 Å². The first-order valence-corrected chi connectivity index (χ1v) is 6.51. The van der Waals surface area contributed by atoms with E-state index in [9.17, 15) is 4.79 Å². The van der Waals surface area contributed by atoms with Gasteiger partial charge in [0.05, 0.1) is 11.1 Å². The Balaban J connectivity index is 2.32. The zero-order valence-corrected chi connectivity index (χ0v) is 11.6. The third-order valence-corrected chi connectivity index (χ3v) is 2.92. The molecule has 0 aliphatic rings. The quantitative estimate of drug-likeness (QED) is 0.775. The van der Waals surface area contributed by atoms with Gasteiger partial charge in [-0.1, -0.05) is 35.9 Å². The summed E-state index contributed by atoms with van der Waals surface area (Å²) in [5, 5.41) is 0.461. The molecule has 0 N–H and O–H groups in total. The van der Waals surface area contributed by atoms with E-state index in [4.69, 9.17) is 16.3 Å². The molecule has 0 unspecified atom stereocenters. The van der Waals surface area contributed by atoms with Crippen molar-refractivity contribution in [2.45, 2.75) is 20.0 Å². The van der Waals surface area contributed by atoms with Gasteiger partial charge in [0.2, 0.25) is 0 Å². The molecule has 2 aromatic carbocycles. The number of rotatable bonds is 4. The smallest absolute Gasteiger partial charge is 0.194 e. The molecule has 2 rings (SSSR count). The Morgan fingerprint density at radius 3 is 2.53 bits per heavy atom. The zero-order chi connectivity index (χ0) is 13.8. The largest absolute Gasteiger partial charge is 0.491 e. The highest BCUT2D eigenvalue weighted by Gasteiger charge is 2.13. The van der Waals surface area contributed by atoms with E-state index in [0.29, 0.717) is 21.9 Å². The van der Waals surface area contributed by atoms with Crippen molar-refractivity contribution in [1.29, 1.82) is 0 Å². The van der Waals surface area contributed by atoms with Gasteiger partial charge in [-0.3, -0.25) is 4.79 Å². The van der Waals surface area contributed by atoms with E-state index in [0.717, 1.165) is 0 Å². The van der Waals surface area contributed by atoms with Gasteiger partial charge in [0.1, 0.15) is 5.75 Å². The monoisotopic (exact) mass is 274 g/mol. The van der Waals surface area contributed by atoms with E-state index < -0.39 is 0 Å². The fourth-order valence-corrected chi connectivity index (χ4v) is 2.01. The van der Waals surface area contributed by atoms with Crippen molar-refractivity contribution >= 4 is 17.4 Å². The van der Waals surface area contributed by atoms with Crippen molar-refractivity contribution in [2.75, 3.05) is 0 Å². The lowest BCUT2D eigenvalue weighted by Crippen LogP contribution is -2.07. The lowest BCUT2D eigenvalue weighted by Gasteiger charge is -2.10. The molecule has 2 nitrogen and oxygen atoms in total. The summed E-state index contributed by atoms with van der Waals surface area (Å²) in [5.74, 6) is 0.590. The number of hydrogen-bond donors (Lipinski definition) is 0. The van der Waals surface area contributed by atoms with Crippen LogP contribution in [0.4, 0.5) is 0 Å². The Kier molecular flexibility index (Phi) is 4.23. The average molecular weight is 275 g/mol. The van der Waals surface area contributed by atoms with Crippen LogP contribution in [-0.4, -0.2) is 11.9 Å². The van der Waals surface area contributed by atoms with E-state index in [1.165, 1.54) is 0 Å². The molecule has 0 fully saturated rings. The fourth-order valence-electron chi connectivity index (χ4n) is 1.78. The Hall–Kier alpha value is -1.80. The summed E-state index contributed by atoms with van der Waals surface area (Å²) in [7, 11) is 0. The normalized spacial score (nSPS) is 10.5. The Morgan fingerprint density at radius 1 is 1.11 bits per heavy atom. The van der Waals surface area contributed by atoms with Gasteiger partial charge in [-0.2, -0.15) is 0 Å². The van der Waals surface area contributed by atoms with E-state index in [1.54, 1.807) is 36.4 Å². The molecule has 19 heavy (non-hydrogen) atoms. The molecule has 3 heteroatoms. The van der Waals surface area contributed by atoms with Crippen LogP contribution in [0.25, 0.3) is 0 Å². The van der Waals surface area contributed by atoms with Crippen molar-refractivity contribution in [1.82, 2.24) is 0 Å². The summed E-state index contributed by atoms with van der Waals surface area (Å²) in [6.45, 7) is 3.89. The predicted octanol–water partition coefficient (Wildman–Crippen LogP) is 4.36. The lowest BCUT2D eigenvalue weighted by atomic mass is 10.0. The molecule has 0 radical (unpaired) electrons. The van der Waals surface area contributed by atoms with Crippen molar-refractivity contribution in [2.24, 2.45) is 0 Å². The number of carbonyl (C=O) groups is 1. The van der Waals surface area contributed by atoms with Crippen molar-refractivity contribution in [3.05, 3.63) is 64.7 Å². The number of benzene rings is 2. The summed E-state index contributed by atoms with van der Waals surface area (Å²) in [5.41, 5.74) is 1.08. The Labute approximate surface area is 118 Å². The second-order valence-electron chi connectivity index (χ2n) is 4.50. The third kappa shape index (κ3) is 3.36. The zero-order valence-electron chi connectivity index (χ0n) is 10.9. The van der Waals surface area contributed by atoms with Gasteiger partial charge in [0, 0.05) is 11.1 Å². The van der Waals surface area contributed by atoms with Crippen LogP contribution in [0.2, 0.25) is 5.02 Å². The minimum absolute atomic E-state index is 0.0747. The molecule has 2 aromatic rings. The molecule has 0 saturated carbocycles. The number of hydrogen-bond acceptors (Lipinski definition) is 2. The molecule has 0 aliphatic carbocycles. The van der Waals surface area contributed by atoms with Crippen molar-refractivity contribution in [3.63, 3.8) is 0 Å². The van der Waals surface area contributed by atoms with E-state index in [-0.39, 0.29) is 11.9 Å². The topological polar surface area (TPSA) is 26.3 Å². The van der Waals surface area contributed by atoms with E-state index in [2.05, 4.69) is 0 Å². The molecule has 0 bridgehead atoms. The van der Waals surface area contributed by atoms with Gasteiger partial charge in [-0.05, 0) is 38.1 Å². The lowest BCUT2D eigenvalue weighted by molar-refractivity contribution is 0.103. The maximum absolute atomic E-state index is 12.4. The van der Waals surface area contributed by atoms with Crippen molar-refractivity contribution < 1.29 is 9.53 Å². The van der Waals surface area contributed by atoms with Crippen LogP contribution in [0.15, 0.2) is 48.5 Å². The van der Waals surface area contributed by atoms with Crippen LogP contribution >= 0.6 is 11.6 Å². The maximum atomic E-state index is 12.4. The van der Waals surface area contributed by atoms with Gasteiger partial charge in [-0.15, -0.1) is 0 Å². The van der Waals surface area contributed by atoms with Crippen molar-refractivity contribution in [3.8, 4) is 5.75 Å². The Morgan fingerprint density at radius 2 is 1.84 bits per heavy atom. The molecule has 98 valence electrons. The van der Waals surface area contributed by atoms with Gasteiger partial charge < -0.3 is 4.74 Å². The second kappa shape index (κ2) is 5.89. The fraction of sp³-hybridized carbons (Fsp3) is 0.188. The summed E-state index contributed by atoms with van der Waals surface area (Å²) in [6, 6.07) is 14.2. The first-order valence-electron chi connectivity index (χ1n) is 6.14. The molecule has 0 amide bonds. The minimum atomic E-state index is -0.0974. The first kappa shape index (κ1) is 13.6. The number of carbonyl (C=O) groups excluding carboxylic acids is 1. The van der Waals surface area contributed by atoms with E-state index in [1.807, 2.05) is 26.0 Å². The molecular formula is C16H15ClO2. The first-order chi connectivity index (χ1) is 9.08. The minimum Gasteiger partial charge on any atom is -0.491 e. The second-order valence-corrected chi connectivity index (χ2v) is 4.91. The summed E-state index contributed by atoms with van der Waals surface area (Å²) in [4.78, 5) is 12.4. The summed E-state index contributed by atoms with van der Waals surface area (Å²) >= 11 is 6.04. The summed E-state index contributed by atoms with van der Waals surface area (Å²) < 4.78 is 5.59. The molecule has 0 spiro atoms. The maximum Gasteiger partial charge on any atom is 0.194 e. The Bertz CT molecular complexity index is 591. The third-order valence-electron chi connectivity index (χ3n) is 2.59. The van der Waals surface area contributed by atoms with Gasteiger partial charge >= 0.3 is 0 Å². The van der Waals surface area contributed by atoms with Crippen LogP contribution in [-0.2, 0) is 0 Å². The summed E-state index contributed by atoms with van der Waals surface area (Å²) in [6.07, 6.45) is 0.0747. The highest BCUT2D eigenvalue weighted by molar-refractivity contribution is 6.34. The highest BCUT2D eigenvalue weighted by atomic mass is 35.5. The number of ketones is 1. The highest BCUT2D eigenvalue weighted by Crippen LogP contribution is 2.22. The number of ether oxygens (including phenoxy) is 1. The molecule has 0 aliphatic heterocycles.